The van der Waals surface area contributed by atoms with Crippen molar-refractivity contribution in [2.75, 3.05) is 20.2 Å². The van der Waals surface area contributed by atoms with Crippen LogP contribution in [-0.2, 0) is 0 Å². The van der Waals surface area contributed by atoms with Crippen molar-refractivity contribution in [1.29, 1.82) is 0 Å². The molecule has 88 valence electrons. The van der Waals surface area contributed by atoms with E-state index in [1.54, 1.807) is 7.05 Å². The van der Waals surface area contributed by atoms with Crippen LogP contribution in [-0.4, -0.2) is 70.1 Å². The summed E-state index contributed by atoms with van der Waals surface area (Å²) in [5.41, 5.74) is 0. The number of hydrogen-bond acceptors (Lipinski definition) is 6. The minimum Gasteiger partial charge on any atom is -0.394 e. The van der Waals surface area contributed by atoms with E-state index in [0.29, 0.717) is 0 Å². The van der Waals surface area contributed by atoms with Crippen LogP contribution < -0.4 is 5.32 Å². The zero-order valence-corrected chi connectivity index (χ0v) is 8.68. The maximum Gasteiger partial charge on any atom is 0.111 e. The zero-order chi connectivity index (χ0) is 10.4. The first kappa shape index (κ1) is 16.5. The van der Waals surface area contributed by atoms with Gasteiger partial charge in [0.25, 0.3) is 0 Å². The summed E-state index contributed by atoms with van der Waals surface area (Å²) in [7, 11) is 1.57. The molecule has 6 nitrogen and oxygen atoms in total. The van der Waals surface area contributed by atoms with E-state index in [4.69, 9.17) is 20.4 Å². The fourth-order valence-corrected chi connectivity index (χ4v) is 0.893. The van der Waals surface area contributed by atoms with Gasteiger partial charge in [-0.2, -0.15) is 0 Å². The second-order valence-corrected chi connectivity index (χ2v) is 2.86. The lowest BCUT2D eigenvalue weighted by Crippen LogP contribution is -2.48. The highest BCUT2D eigenvalue weighted by atomic mass is 35.5. The molecule has 0 saturated heterocycles. The fraction of sp³-hybridized carbons (Fsp3) is 1.00. The van der Waals surface area contributed by atoms with Gasteiger partial charge >= 0.3 is 0 Å². The predicted octanol–water partition coefficient (Wildman–Crippen LogP) is -2.94. The van der Waals surface area contributed by atoms with Crippen molar-refractivity contribution >= 4 is 12.4 Å². The number of rotatable bonds is 6. The summed E-state index contributed by atoms with van der Waals surface area (Å²) in [6.45, 7) is -0.569. The molecule has 0 heterocycles. The first-order valence-electron chi connectivity index (χ1n) is 4.02. The van der Waals surface area contributed by atoms with Gasteiger partial charge in [0.2, 0.25) is 0 Å². The van der Waals surface area contributed by atoms with E-state index < -0.39 is 31.0 Å². The molecular formula is C7H18ClNO5. The van der Waals surface area contributed by atoms with E-state index in [-0.39, 0.29) is 19.0 Å². The number of nitrogens with one attached hydrogen (secondary N) is 1. The third-order valence-electron chi connectivity index (χ3n) is 1.74. The summed E-state index contributed by atoms with van der Waals surface area (Å²) in [6.07, 6.45) is -5.65. The van der Waals surface area contributed by atoms with Crippen molar-refractivity contribution in [3.63, 3.8) is 0 Å². The molecule has 0 aliphatic carbocycles. The number of likely N-dealkylation sites (N-methyl/N-ethyl adjacent to an activating group) is 1. The van der Waals surface area contributed by atoms with E-state index in [9.17, 15) is 5.11 Å². The van der Waals surface area contributed by atoms with Gasteiger partial charge in [0.15, 0.2) is 0 Å². The Morgan fingerprint density at radius 1 is 1.00 bits per heavy atom. The van der Waals surface area contributed by atoms with Gasteiger partial charge in [-0.05, 0) is 7.05 Å². The third kappa shape index (κ3) is 5.06. The molecule has 0 aliphatic rings. The van der Waals surface area contributed by atoms with Gasteiger partial charge in [0.1, 0.15) is 18.3 Å². The molecule has 0 unspecified atom stereocenters. The largest absolute Gasteiger partial charge is 0.394 e. The lowest BCUT2D eigenvalue weighted by atomic mass is 10.0. The quantitative estimate of drug-likeness (QED) is 0.292. The van der Waals surface area contributed by atoms with Crippen LogP contribution in [0.25, 0.3) is 0 Å². The second-order valence-electron chi connectivity index (χ2n) is 2.86. The summed E-state index contributed by atoms with van der Waals surface area (Å²) < 4.78 is 0. The van der Waals surface area contributed by atoms with Crippen LogP contribution in [0.1, 0.15) is 0 Å². The van der Waals surface area contributed by atoms with Gasteiger partial charge < -0.3 is 30.8 Å². The van der Waals surface area contributed by atoms with Gasteiger partial charge in [-0.1, -0.05) is 0 Å². The average Bonchev–Trinajstić information content (AvgIpc) is 2.14. The maximum absolute atomic E-state index is 9.21. The molecule has 0 aromatic heterocycles. The second kappa shape index (κ2) is 8.37. The first-order valence-corrected chi connectivity index (χ1v) is 4.02. The molecule has 0 bridgehead atoms. The maximum atomic E-state index is 9.21. The summed E-state index contributed by atoms with van der Waals surface area (Å²) in [6, 6.07) is 0. The molecule has 14 heavy (non-hydrogen) atoms. The molecule has 7 heteroatoms. The molecule has 0 fully saturated rings. The smallest absolute Gasteiger partial charge is 0.111 e. The van der Waals surface area contributed by atoms with E-state index in [1.165, 1.54) is 0 Å². The monoisotopic (exact) mass is 231 g/mol. The standard InChI is InChI=1S/C7H17NO5.ClH/c1-8-2-4(10)6(12)7(13)5(11)3-9;/h4-13H,2-3H2,1H3;1H/t4-,5+,6+,7-;/m0./s1. The van der Waals surface area contributed by atoms with Crippen molar-refractivity contribution in [3.8, 4) is 0 Å². The van der Waals surface area contributed by atoms with Crippen molar-refractivity contribution < 1.29 is 25.5 Å². The SMILES string of the molecule is CNC[C@H](O)[C@@H](O)[C@@H](O)[C@H](O)CO.Cl. The van der Waals surface area contributed by atoms with Gasteiger partial charge in [0.05, 0.1) is 12.7 Å². The highest BCUT2D eigenvalue weighted by Gasteiger charge is 2.29. The predicted molar refractivity (Wildman–Crippen MR) is 52.3 cm³/mol. The van der Waals surface area contributed by atoms with Crippen molar-refractivity contribution in [3.05, 3.63) is 0 Å². The Morgan fingerprint density at radius 2 is 1.43 bits per heavy atom. The number of hydrogen-bond donors (Lipinski definition) is 6. The third-order valence-corrected chi connectivity index (χ3v) is 1.74. The van der Waals surface area contributed by atoms with Crippen LogP contribution >= 0.6 is 12.4 Å². The summed E-state index contributed by atoms with van der Waals surface area (Å²) in [5, 5.41) is 47.5. The summed E-state index contributed by atoms with van der Waals surface area (Å²) in [5.74, 6) is 0. The Kier molecular flexibility index (Phi) is 9.85. The fourth-order valence-electron chi connectivity index (χ4n) is 0.893. The normalized spacial score (nSPS) is 19.3. The molecule has 4 atom stereocenters. The topological polar surface area (TPSA) is 113 Å². The Labute approximate surface area is 88.6 Å². The Hall–Kier alpha value is 0.0500. The van der Waals surface area contributed by atoms with E-state index >= 15 is 0 Å². The molecule has 0 aromatic rings. The minimum atomic E-state index is -1.55. The minimum absolute atomic E-state index is 0. The molecule has 0 saturated carbocycles. The van der Waals surface area contributed by atoms with E-state index in [2.05, 4.69) is 5.32 Å². The Balaban J connectivity index is 0. The molecule has 0 amide bonds. The zero-order valence-electron chi connectivity index (χ0n) is 7.87. The molecule has 0 aliphatic heterocycles. The summed E-state index contributed by atoms with van der Waals surface area (Å²) in [4.78, 5) is 0. The molecular weight excluding hydrogens is 214 g/mol. The average molecular weight is 232 g/mol. The van der Waals surface area contributed by atoms with E-state index in [0.717, 1.165) is 0 Å². The Morgan fingerprint density at radius 3 is 1.79 bits per heavy atom. The van der Waals surface area contributed by atoms with Crippen LogP contribution in [0.5, 0.6) is 0 Å². The van der Waals surface area contributed by atoms with Crippen LogP contribution in [0.15, 0.2) is 0 Å². The van der Waals surface area contributed by atoms with Crippen molar-refractivity contribution in [2.24, 2.45) is 0 Å². The molecule has 0 rings (SSSR count). The highest BCUT2D eigenvalue weighted by molar-refractivity contribution is 5.85. The summed E-state index contributed by atoms with van der Waals surface area (Å²) >= 11 is 0. The highest BCUT2D eigenvalue weighted by Crippen LogP contribution is 2.04. The van der Waals surface area contributed by atoms with E-state index in [1.807, 2.05) is 0 Å². The van der Waals surface area contributed by atoms with Crippen LogP contribution in [0, 0.1) is 0 Å². The molecule has 0 spiro atoms. The first-order chi connectivity index (χ1) is 6.04. The number of halogens is 1. The van der Waals surface area contributed by atoms with Crippen LogP contribution in [0.4, 0.5) is 0 Å². The van der Waals surface area contributed by atoms with Crippen molar-refractivity contribution in [2.45, 2.75) is 24.4 Å². The molecule has 0 aromatic carbocycles. The van der Waals surface area contributed by atoms with Gasteiger partial charge in [0, 0.05) is 6.54 Å². The molecule has 0 radical (unpaired) electrons. The van der Waals surface area contributed by atoms with Gasteiger partial charge in [-0.3, -0.25) is 0 Å². The number of aliphatic hydroxyl groups excluding tert-OH is 5. The number of aliphatic hydroxyl groups is 5. The van der Waals surface area contributed by atoms with Crippen molar-refractivity contribution in [1.82, 2.24) is 5.32 Å². The van der Waals surface area contributed by atoms with Crippen LogP contribution in [0.3, 0.4) is 0 Å². The van der Waals surface area contributed by atoms with Gasteiger partial charge in [-0.15, -0.1) is 12.4 Å². The van der Waals surface area contributed by atoms with Crippen LogP contribution in [0.2, 0.25) is 0 Å². The Bertz CT molecular complexity index is 139. The lowest BCUT2D eigenvalue weighted by Gasteiger charge is -2.25. The molecule has 6 N–H and O–H groups in total. The van der Waals surface area contributed by atoms with Gasteiger partial charge in [-0.25, -0.2) is 0 Å². The lowest BCUT2D eigenvalue weighted by molar-refractivity contribution is -0.113.